The molecule has 1 N–H and O–H groups in total. The molecule has 68 valence electrons. The van der Waals surface area contributed by atoms with Crippen molar-refractivity contribution in [3.8, 4) is 0 Å². The predicted molar refractivity (Wildman–Crippen MR) is 48.7 cm³/mol. The molecule has 0 fully saturated rings. The molecule has 2 aromatic rings. The standard InChI is InChI=1S/C8H8N2O2S/c11-13(12)5-8-6-3-1-2-4-7(6)9-10-8/h1-4H,5H2,(H,9,10)(H,11,12)/p-1. The number of benzene rings is 1. The van der Waals surface area contributed by atoms with E-state index in [0.717, 1.165) is 10.9 Å². The number of H-pyrrole nitrogens is 1. The average molecular weight is 195 g/mol. The molecule has 4 nitrogen and oxygen atoms in total. The van der Waals surface area contributed by atoms with Gasteiger partial charge in [-0.05, 0) is 17.1 Å². The lowest BCUT2D eigenvalue weighted by Crippen LogP contribution is -1.93. The number of hydrogen-bond donors (Lipinski definition) is 1. The Balaban J connectivity index is 2.51. The summed E-state index contributed by atoms with van der Waals surface area (Å²) in [5, 5.41) is 7.54. The molecular weight excluding hydrogens is 188 g/mol. The number of hydrogen-bond acceptors (Lipinski definition) is 3. The number of fused-ring (bicyclic) bond motifs is 1. The second-order valence-corrected chi connectivity index (χ2v) is 3.56. The van der Waals surface area contributed by atoms with E-state index < -0.39 is 11.1 Å². The summed E-state index contributed by atoms with van der Waals surface area (Å²) in [7, 11) is 0. The van der Waals surface area contributed by atoms with Crippen LogP contribution in [0.4, 0.5) is 0 Å². The molecule has 0 amide bonds. The normalized spacial score (nSPS) is 13.3. The lowest BCUT2D eigenvalue weighted by atomic mass is 10.2. The van der Waals surface area contributed by atoms with Crippen LogP contribution in [-0.2, 0) is 16.8 Å². The summed E-state index contributed by atoms with van der Waals surface area (Å²) in [6.07, 6.45) is 0. The molecule has 0 radical (unpaired) electrons. The van der Waals surface area contributed by atoms with Crippen LogP contribution in [0.5, 0.6) is 0 Å². The first-order valence-corrected chi connectivity index (χ1v) is 4.99. The van der Waals surface area contributed by atoms with Gasteiger partial charge in [-0.1, -0.05) is 18.2 Å². The molecule has 0 spiro atoms. The number of aromatic nitrogens is 2. The van der Waals surface area contributed by atoms with Gasteiger partial charge < -0.3 is 4.55 Å². The molecular formula is C8H7N2O2S-. The molecule has 13 heavy (non-hydrogen) atoms. The first-order valence-electron chi connectivity index (χ1n) is 3.75. The molecule has 2 rings (SSSR count). The van der Waals surface area contributed by atoms with Crippen molar-refractivity contribution < 1.29 is 8.76 Å². The van der Waals surface area contributed by atoms with E-state index in [4.69, 9.17) is 0 Å². The minimum Gasteiger partial charge on any atom is -0.772 e. The Morgan fingerprint density at radius 3 is 3.00 bits per heavy atom. The predicted octanol–water partition coefficient (Wildman–Crippen LogP) is 0.942. The Labute approximate surface area is 77.3 Å². The van der Waals surface area contributed by atoms with Crippen LogP contribution in [0.25, 0.3) is 10.9 Å². The van der Waals surface area contributed by atoms with E-state index in [1.54, 1.807) is 0 Å². The van der Waals surface area contributed by atoms with Gasteiger partial charge >= 0.3 is 0 Å². The van der Waals surface area contributed by atoms with Gasteiger partial charge in [0, 0.05) is 5.39 Å². The first kappa shape index (κ1) is 8.40. The highest BCUT2D eigenvalue weighted by Crippen LogP contribution is 2.15. The van der Waals surface area contributed by atoms with E-state index in [-0.39, 0.29) is 5.75 Å². The van der Waals surface area contributed by atoms with Crippen molar-refractivity contribution in [2.24, 2.45) is 0 Å². The number of nitrogens with one attached hydrogen (secondary N) is 1. The third-order valence-electron chi connectivity index (χ3n) is 1.80. The van der Waals surface area contributed by atoms with Gasteiger partial charge in [0.25, 0.3) is 0 Å². The maximum absolute atomic E-state index is 10.5. The second-order valence-electron chi connectivity index (χ2n) is 2.67. The van der Waals surface area contributed by atoms with E-state index in [9.17, 15) is 8.76 Å². The Morgan fingerprint density at radius 2 is 2.23 bits per heavy atom. The highest BCUT2D eigenvalue weighted by Gasteiger charge is 2.02. The minimum absolute atomic E-state index is 0.0134. The lowest BCUT2D eigenvalue weighted by molar-refractivity contribution is 0.535. The summed E-state index contributed by atoms with van der Waals surface area (Å²) >= 11 is -2.07. The molecule has 0 aliphatic carbocycles. The van der Waals surface area contributed by atoms with Gasteiger partial charge in [-0.3, -0.25) is 9.31 Å². The van der Waals surface area contributed by atoms with E-state index in [1.165, 1.54) is 0 Å². The maximum atomic E-state index is 10.5. The Bertz CT molecular complexity index is 452. The zero-order chi connectivity index (χ0) is 9.26. The van der Waals surface area contributed by atoms with Crippen molar-refractivity contribution in [2.75, 3.05) is 0 Å². The van der Waals surface area contributed by atoms with Crippen LogP contribution in [0.3, 0.4) is 0 Å². The van der Waals surface area contributed by atoms with Gasteiger partial charge in [0.2, 0.25) is 0 Å². The zero-order valence-corrected chi connectivity index (χ0v) is 7.50. The van der Waals surface area contributed by atoms with Crippen molar-refractivity contribution in [1.82, 2.24) is 10.2 Å². The molecule has 0 saturated carbocycles. The summed E-state index contributed by atoms with van der Waals surface area (Å²) in [4.78, 5) is 0. The van der Waals surface area contributed by atoms with E-state index in [1.807, 2.05) is 24.3 Å². The molecule has 1 heterocycles. The van der Waals surface area contributed by atoms with Crippen molar-refractivity contribution in [1.29, 1.82) is 0 Å². The fraction of sp³-hybridized carbons (Fsp3) is 0.125. The molecule has 0 bridgehead atoms. The van der Waals surface area contributed by atoms with Crippen LogP contribution in [-0.4, -0.2) is 19.0 Å². The molecule has 0 aliphatic rings. The quantitative estimate of drug-likeness (QED) is 0.725. The second kappa shape index (κ2) is 3.27. The maximum Gasteiger partial charge on any atom is 0.0924 e. The van der Waals surface area contributed by atoms with Crippen LogP contribution >= 0.6 is 0 Å². The van der Waals surface area contributed by atoms with Crippen LogP contribution in [0.1, 0.15) is 5.69 Å². The van der Waals surface area contributed by atoms with Crippen LogP contribution < -0.4 is 0 Å². The van der Waals surface area contributed by atoms with Gasteiger partial charge in [-0.15, -0.1) is 0 Å². The lowest BCUT2D eigenvalue weighted by Gasteiger charge is -2.01. The van der Waals surface area contributed by atoms with Crippen molar-refractivity contribution in [3.63, 3.8) is 0 Å². The van der Waals surface area contributed by atoms with E-state index >= 15 is 0 Å². The molecule has 0 saturated heterocycles. The monoisotopic (exact) mass is 195 g/mol. The van der Waals surface area contributed by atoms with Crippen molar-refractivity contribution in [3.05, 3.63) is 30.0 Å². The highest BCUT2D eigenvalue weighted by molar-refractivity contribution is 7.78. The molecule has 1 aromatic heterocycles. The largest absolute Gasteiger partial charge is 0.772 e. The van der Waals surface area contributed by atoms with Gasteiger partial charge in [0.15, 0.2) is 0 Å². The number of nitrogens with zero attached hydrogens (tertiary/aromatic N) is 1. The van der Waals surface area contributed by atoms with Gasteiger partial charge in [-0.2, -0.15) is 5.10 Å². The topological polar surface area (TPSA) is 68.8 Å². The SMILES string of the molecule is O=S([O-])Cc1[nH]nc2ccccc12. The van der Waals surface area contributed by atoms with Crippen LogP contribution in [0, 0.1) is 0 Å². The zero-order valence-electron chi connectivity index (χ0n) is 6.69. The third-order valence-corrected chi connectivity index (χ3v) is 2.33. The van der Waals surface area contributed by atoms with Crippen molar-refractivity contribution >= 4 is 22.0 Å². The smallest absolute Gasteiger partial charge is 0.0924 e. The first-order chi connectivity index (χ1) is 6.27. The Hall–Kier alpha value is -1.20. The number of rotatable bonds is 2. The van der Waals surface area contributed by atoms with Gasteiger partial charge in [0.1, 0.15) is 0 Å². The summed E-state index contributed by atoms with van der Waals surface area (Å²) in [5.74, 6) is -0.0134. The summed E-state index contributed by atoms with van der Waals surface area (Å²) in [6, 6.07) is 7.40. The highest BCUT2D eigenvalue weighted by atomic mass is 32.2. The van der Waals surface area contributed by atoms with Gasteiger partial charge in [-0.25, -0.2) is 0 Å². The van der Waals surface area contributed by atoms with Crippen molar-refractivity contribution in [2.45, 2.75) is 5.75 Å². The third kappa shape index (κ3) is 1.61. The average Bonchev–Trinajstić information content (AvgIpc) is 2.48. The minimum atomic E-state index is -2.07. The van der Waals surface area contributed by atoms with E-state index in [0.29, 0.717) is 5.69 Å². The number of aromatic amines is 1. The molecule has 5 heteroatoms. The van der Waals surface area contributed by atoms with E-state index in [2.05, 4.69) is 10.2 Å². The van der Waals surface area contributed by atoms with Gasteiger partial charge in [0.05, 0.1) is 17.0 Å². The summed E-state index contributed by atoms with van der Waals surface area (Å²) < 4.78 is 20.9. The fourth-order valence-corrected chi connectivity index (χ4v) is 1.70. The fourth-order valence-electron chi connectivity index (χ4n) is 1.24. The summed E-state index contributed by atoms with van der Waals surface area (Å²) in [5.41, 5.74) is 1.44. The molecule has 1 atom stereocenters. The molecule has 1 aromatic carbocycles. The Kier molecular flexibility index (Phi) is 2.12. The number of para-hydroxylation sites is 1. The Morgan fingerprint density at radius 1 is 1.46 bits per heavy atom. The van der Waals surface area contributed by atoms with Crippen LogP contribution in [0.2, 0.25) is 0 Å². The molecule has 0 aliphatic heterocycles. The van der Waals surface area contributed by atoms with Crippen LogP contribution in [0.15, 0.2) is 24.3 Å². The molecule has 1 unspecified atom stereocenters. The summed E-state index contributed by atoms with van der Waals surface area (Å²) in [6.45, 7) is 0.